The van der Waals surface area contributed by atoms with E-state index in [1.807, 2.05) is 24.3 Å². The van der Waals surface area contributed by atoms with E-state index in [1.54, 1.807) is 13.2 Å². The molecule has 0 radical (unpaired) electrons. The number of benzene rings is 1. The van der Waals surface area contributed by atoms with Gasteiger partial charge < -0.3 is 10.5 Å². The Labute approximate surface area is 93.9 Å². The highest BCUT2D eigenvalue weighted by molar-refractivity contribution is 5.85. The van der Waals surface area contributed by atoms with Crippen LogP contribution in [0.2, 0.25) is 0 Å². The maximum absolute atomic E-state index is 5.52. The first-order chi connectivity index (χ1) is 6.81. The third kappa shape index (κ3) is 2.22. The maximum Gasteiger partial charge on any atom is 0.145 e. The largest absolute Gasteiger partial charge is 0.496 e. The summed E-state index contributed by atoms with van der Waals surface area (Å²) in [5, 5.41) is 6.71. The van der Waals surface area contributed by atoms with Gasteiger partial charge in [-0.3, -0.25) is 5.10 Å². The lowest BCUT2D eigenvalue weighted by molar-refractivity contribution is 0.416. The average molecular weight is 226 g/mol. The number of nitrogens with two attached hydrogens (primary N) is 1. The molecule has 0 aliphatic heterocycles. The number of methoxy groups -OCH3 is 1. The van der Waals surface area contributed by atoms with Crippen molar-refractivity contribution in [3.8, 4) is 17.0 Å². The summed E-state index contributed by atoms with van der Waals surface area (Å²) in [7, 11) is 1.64. The minimum Gasteiger partial charge on any atom is -0.496 e. The summed E-state index contributed by atoms with van der Waals surface area (Å²) in [5.41, 5.74) is 7.34. The fourth-order valence-electron chi connectivity index (χ4n) is 1.34. The Hall–Kier alpha value is -1.68. The molecule has 5 heteroatoms. The van der Waals surface area contributed by atoms with Crippen LogP contribution in [0.15, 0.2) is 30.3 Å². The molecular formula is C10H12ClN3O. The molecule has 4 nitrogen and oxygen atoms in total. The SMILES string of the molecule is COc1ccccc1-c1cc(N)n[nH]1.Cl. The van der Waals surface area contributed by atoms with Crippen molar-refractivity contribution in [3.63, 3.8) is 0 Å². The summed E-state index contributed by atoms with van der Waals surface area (Å²) in [6, 6.07) is 9.48. The van der Waals surface area contributed by atoms with Crippen molar-refractivity contribution in [2.24, 2.45) is 0 Å². The van der Waals surface area contributed by atoms with Gasteiger partial charge in [-0.05, 0) is 12.1 Å². The molecule has 3 N–H and O–H groups in total. The number of aromatic nitrogens is 2. The highest BCUT2D eigenvalue weighted by Crippen LogP contribution is 2.28. The zero-order valence-corrected chi connectivity index (χ0v) is 9.04. The average Bonchev–Trinajstić information content (AvgIpc) is 2.65. The number of hydrogen-bond donors (Lipinski definition) is 2. The van der Waals surface area contributed by atoms with Crippen molar-refractivity contribution in [2.45, 2.75) is 0 Å². The Morgan fingerprint density at radius 1 is 1.33 bits per heavy atom. The molecule has 1 heterocycles. The van der Waals surface area contributed by atoms with Crippen LogP contribution in [-0.2, 0) is 0 Å². The van der Waals surface area contributed by atoms with Gasteiger partial charge in [-0.25, -0.2) is 0 Å². The van der Waals surface area contributed by atoms with Crippen LogP contribution in [-0.4, -0.2) is 17.3 Å². The molecule has 0 fully saturated rings. The zero-order chi connectivity index (χ0) is 9.97. The van der Waals surface area contributed by atoms with Crippen molar-refractivity contribution < 1.29 is 4.74 Å². The van der Waals surface area contributed by atoms with E-state index in [0.29, 0.717) is 5.82 Å². The lowest BCUT2D eigenvalue weighted by atomic mass is 10.1. The van der Waals surface area contributed by atoms with Gasteiger partial charge in [0.25, 0.3) is 0 Å². The van der Waals surface area contributed by atoms with E-state index in [2.05, 4.69) is 10.2 Å². The van der Waals surface area contributed by atoms with Crippen LogP contribution in [0.25, 0.3) is 11.3 Å². The predicted molar refractivity (Wildman–Crippen MR) is 62.2 cm³/mol. The number of halogens is 1. The van der Waals surface area contributed by atoms with Gasteiger partial charge in [-0.1, -0.05) is 12.1 Å². The molecule has 0 saturated carbocycles. The first-order valence-corrected chi connectivity index (χ1v) is 4.25. The van der Waals surface area contributed by atoms with E-state index in [9.17, 15) is 0 Å². The third-order valence-corrected chi connectivity index (χ3v) is 1.99. The van der Waals surface area contributed by atoms with Crippen molar-refractivity contribution >= 4 is 18.2 Å². The van der Waals surface area contributed by atoms with Crippen LogP contribution in [0.4, 0.5) is 5.82 Å². The summed E-state index contributed by atoms with van der Waals surface area (Å²) in [4.78, 5) is 0. The molecule has 0 aliphatic carbocycles. The molecule has 0 aliphatic rings. The number of ether oxygens (including phenoxy) is 1. The van der Waals surface area contributed by atoms with Crippen LogP contribution in [0.1, 0.15) is 0 Å². The molecule has 80 valence electrons. The number of H-pyrrole nitrogens is 1. The highest BCUT2D eigenvalue weighted by atomic mass is 35.5. The van der Waals surface area contributed by atoms with Crippen LogP contribution in [0, 0.1) is 0 Å². The highest BCUT2D eigenvalue weighted by Gasteiger charge is 2.06. The fourth-order valence-corrected chi connectivity index (χ4v) is 1.34. The lowest BCUT2D eigenvalue weighted by Gasteiger charge is -2.04. The van der Waals surface area contributed by atoms with Gasteiger partial charge in [-0.2, -0.15) is 5.10 Å². The summed E-state index contributed by atoms with van der Waals surface area (Å²) in [6.45, 7) is 0. The first kappa shape index (κ1) is 11.4. The third-order valence-electron chi connectivity index (χ3n) is 1.99. The van der Waals surface area contributed by atoms with Crippen molar-refractivity contribution in [2.75, 3.05) is 12.8 Å². The van der Waals surface area contributed by atoms with Crippen LogP contribution in [0.3, 0.4) is 0 Å². The number of nitrogen functional groups attached to an aromatic ring is 1. The fraction of sp³-hybridized carbons (Fsp3) is 0.100. The molecule has 0 atom stereocenters. The van der Waals surface area contributed by atoms with E-state index in [-0.39, 0.29) is 12.4 Å². The monoisotopic (exact) mass is 225 g/mol. The molecule has 0 saturated heterocycles. The van der Waals surface area contributed by atoms with E-state index < -0.39 is 0 Å². The quantitative estimate of drug-likeness (QED) is 0.823. The second-order valence-electron chi connectivity index (χ2n) is 2.91. The topological polar surface area (TPSA) is 63.9 Å². The van der Waals surface area contributed by atoms with Crippen LogP contribution >= 0.6 is 12.4 Å². The molecule has 2 rings (SSSR count). The van der Waals surface area contributed by atoms with Crippen molar-refractivity contribution in [1.29, 1.82) is 0 Å². The zero-order valence-electron chi connectivity index (χ0n) is 8.23. The number of hydrogen-bond acceptors (Lipinski definition) is 3. The Kier molecular flexibility index (Phi) is 3.57. The van der Waals surface area contributed by atoms with Gasteiger partial charge in [0.2, 0.25) is 0 Å². The summed E-state index contributed by atoms with van der Waals surface area (Å²) >= 11 is 0. The van der Waals surface area contributed by atoms with E-state index in [4.69, 9.17) is 10.5 Å². The summed E-state index contributed by atoms with van der Waals surface area (Å²) < 4.78 is 5.22. The van der Waals surface area contributed by atoms with Gasteiger partial charge in [-0.15, -0.1) is 12.4 Å². The molecule has 0 spiro atoms. The molecule has 15 heavy (non-hydrogen) atoms. The summed E-state index contributed by atoms with van der Waals surface area (Å²) in [5.74, 6) is 1.28. The second kappa shape index (κ2) is 4.70. The van der Waals surface area contributed by atoms with Gasteiger partial charge in [0.15, 0.2) is 0 Å². The minimum atomic E-state index is 0. The number of nitrogens with zero attached hydrogens (tertiary/aromatic N) is 1. The number of anilines is 1. The minimum absolute atomic E-state index is 0. The Bertz CT molecular complexity index is 442. The number of nitrogens with one attached hydrogen (secondary N) is 1. The molecule has 0 unspecified atom stereocenters. The molecule has 0 amide bonds. The molecule has 2 aromatic rings. The summed E-state index contributed by atoms with van der Waals surface area (Å²) in [6.07, 6.45) is 0. The second-order valence-corrected chi connectivity index (χ2v) is 2.91. The van der Waals surface area contributed by atoms with Crippen LogP contribution in [0.5, 0.6) is 5.75 Å². The van der Waals surface area contributed by atoms with Crippen molar-refractivity contribution in [3.05, 3.63) is 30.3 Å². The number of aromatic amines is 1. The lowest BCUT2D eigenvalue weighted by Crippen LogP contribution is -1.87. The smallest absolute Gasteiger partial charge is 0.145 e. The van der Waals surface area contributed by atoms with Crippen LogP contribution < -0.4 is 10.5 Å². The normalized spacial score (nSPS) is 9.40. The maximum atomic E-state index is 5.52. The molecule has 1 aromatic carbocycles. The van der Waals surface area contributed by atoms with Gasteiger partial charge in [0.05, 0.1) is 12.8 Å². The van der Waals surface area contributed by atoms with E-state index >= 15 is 0 Å². The van der Waals surface area contributed by atoms with Gasteiger partial charge in [0.1, 0.15) is 11.6 Å². The number of rotatable bonds is 2. The van der Waals surface area contributed by atoms with Gasteiger partial charge in [0, 0.05) is 11.6 Å². The van der Waals surface area contributed by atoms with Gasteiger partial charge >= 0.3 is 0 Å². The Morgan fingerprint density at radius 2 is 2.07 bits per heavy atom. The molecular weight excluding hydrogens is 214 g/mol. The molecule has 0 bridgehead atoms. The first-order valence-electron chi connectivity index (χ1n) is 4.25. The Morgan fingerprint density at radius 3 is 2.67 bits per heavy atom. The predicted octanol–water partition coefficient (Wildman–Crippen LogP) is 2.09. The van der Waals surface area contributed by atoms with E-state index in [0.717, 1.165) is 17.0 Å². The van der Waals surface area contributed by atoms with E-state index in [1.165, 1.54) is 0 Å². The molecule has 1 aromatic heterocycles. The Balaban J connectivity index is 0.00000112. The standard InChI is InChI=1S/C10H11N3O.ClH/c1-14-9-5-3-2-4-7(9)8-6-10(11)13-12-8;/h2-6H,1H3,(H3,11,12,13);1H. The van der Waals surface area contributed by atoms with Crippen molar-refractivity contribution in [1.82, 2.24) is 10.2 Å². The number of para-hydroxylation sites is 1.